The number of carbonyl (C=O) groups is 1. The second-order valence-electron chi connectivity index (χ2n) is 5.28. The van der Waals surface area contributed by atoms with Gasteiger partial charge in [-0.1, -0.05) is 30.3 Å². The van der Waals surface area contributed by atoms with Crippen LogP contribution in [-0.4, -0.2) is 37.2 Å². The zero-order chi connectivity index (χ0) is 15.2. The molecule has 1 atom stereocenters. The van der Waals surface area contributed by atoms with E-state index in [0.717, 1.165) is 11.3 Å². The molecular formula is C17H20N2O3. The van der Waals surface area contributed by atoms with E-state index in [1.165, 1.54) is 0 Å². The van der Waals surface area contributed by atoms with Crippen LogP contribution in [0.15, 0.2) is 53.1 Å². The molecule has 1 aliphatic heterocycles. The summed E-state index contributed by atoms with van der Waals surface area (Å²) in [7, 11) is 0. The number of morpholine rings is 1. The van der Waals surface area contributed by atoms with Gasteiger partial charge in [-0.2, -0.15) is 0 Å². The van der Waals surface area contributed by atoms with E-state index in [2.05, 4.69) is 5.32 Å². The SMILES string of the molecule is O=C(NCCc1ccco1)N1CCOC(c2ccccc2)C1. The fourth-order valence-electron chi connectivity index (χ4n) is 2.56. The molecule has 1 aliphatic rings. The number of rotatable bonds is 4. The van der Waals surface area contributed by atoms with Crippen molar-refractivity contribution in [2.24, 2.45) is 0 Å². The van der Waals surface area contributed by atoms with Crippen LogP contribution in [0.2, 0.25) is 0 Å². The molecule has 116 valence electrons. The average Bonchev–Trinajstić information content (AvgIpc) is 3.09. The van der Waals surface area contributed by atoms with E-state index >= 15 is 0 Å². The molecule has 2 aromatic rings. The van der Waals surface area contributed by atoms with Gasteiger partial charge >= 0.3 is 6.03 Å². The molecule has 1 fully saturated rings. The quantitative estimate of drug-likeness (QED) is 0.944. The van der Waals surface area contributed by atoms with Crippen molar-refractivity contribution in [3.63, 3.8) is 0 Å². The maximum Gasteiger partial charge on any atom is 0.317 e. The summed E-state index contributed by atoms with van der Waals surface area (Å²) in [6, 6.07) is 13.7. The molecule has 1 unspecified atom stereocenters. The lowest BCUT2D eigenvalue weighted by molar-refractivity contribution is -0.0154. The molecule has 1 saturated heterocycles. The summed E-state index contributed by atoms with van der Waals surface area (Å²) in [6.45, 7) is 2.33. The van der Waals surface area contributed by atoms with Gasteiger partial charge in [0.05, 0.1) is 19.4 Å². The zero-order valence-electron chi connectivity index (χ0n) is 12.4. The van der Waals surface area contributed by atoms with Crippen molar-refractivity contribution in [1.29, 1.82) is 0 Å². The second-order valence-corrected chi connectivity index (χ2v) is 5.28. The third-order valence-corrected chi connectivity index (χ3v) is 3.75. The Morgan fingerprint density at radius 1 is 1.23 bits per heavy atom. The van der Waals surface area contributed by atoms with Crippen molar-refractivity contribution in [2.75, 3.05) is 26.2 Å². The first-order valence-corrected chi connectivity index (χ1v) is 7.54. The normalized spacial score (nSPS) is 18.2. The van der Waals surface area contributed by atoms with Crippen molar-refractivity contribution in [2.45, 2.75) is 12.5 Å². The maximum absolute atomic E-state index is 12.2. The first-order valence-electron chi connectivity index (χ1n) is 7.54. The van der Waals surface area contributed by atoms with Gasteiger partial charge in [-0.25, -0.2) is 4.79 Å². The molecule has 5 nitrogen and oxygen atoms in total. The molecule has 0 aliphatic carbocycles. The van der Waals surface area contributed by atoms with E-state index in [4.69, 9.17) is 9.15 Å². The van der Waals surface area contributed by atoms with Crippen LogP contribution in [0.25, 0.3) is 0 Å². The summed E-state index contributed by atoms with van der Waals surface area (Å²) in [6.07, 6.45) is 2.29. The Labute approximate surface area is 129 Å². The Hall–Kier alpha value is -2.27. The standard InChI is InChI=1S/C17H20N2O3/c20-17(18-9-8-15-7-4-11-21-15)19-10-12-22-16(13-19)14-5-2-1-3-6-14/h1-7,11,16H,8-10,12-13H2,(H,18,20). The second kappa shape index (κ2) is 7.13. The summed E-state index contributed by atoms with van der Waals surface area (Å²) in [5, 5.41) is 2.93. The fourth-order valence-corrected chi connectivity index (χ4v) is 2.56. The molecule has 0 bridgehead atoms. The van der Waals surface area contributed by atoms with Crippen molar-refractivity contribution in [1.82, 2.24) is 10.2 Å². The van der Waals surface area contributed by atoms with Crippen LogP contribution < -0.4 is 5.32 Å². The van der Waals surface area contributed by atoms with Gasteiger partial charge in [0.1, 0.15) is 11.9 Å². The molecule has 0 saturated carbocycles. The van der Waals surface area contributed by atoms with Crippen LogP contribution in [0.3, 0.4) is 0 Å². The number of urea groups is 1. The number of hydrogen-bond donors (Lipinski definition) is 1. The van der Waals surface area contributed by atoms with Gasteiger partial charge < -0.3 is 19.4 Å². The Morgan fingerprint density at radius 3 is 2.86 bits per heavy atom. The van der Waals surface area contributed by atoms with Gasteiger partial charge in [0.2, 0.25) is 0 Å². The summed E-state index contributed by atoms with van der Waals surface area (Å²) in [4.78, 5) is 14.0. The van der Waals surface area contributed by atoms with Crippen LogP contribution in [0, 0.1) is 0 Å². The van der Waals surface area contributed by atoms with Crippen LogP contribution in [-0.2, 0) is 11.2 Å². The van der Waals surface area contributed by atoms with Gasteiger partial charge in [0, 0.05) is 19.5 Å². The molecule has 22 heavy (non-hydrogen) atoms. The number of furan rings is 1. The van der Waals surface area contributed by atoms with Crippen molar-refractivity contribution in [3.05, 3.63) is 60.1 Å². The first kappa shape index (κ1) is 14.7. The largest absolute Gasteiger partial charge is 0.469 e. The molecule has 2 amide bonds. The smallest absolute Gasteiger partial charge is 0.317 e. The third kappa shape index (κ3) is 3.68. The summed E-state index contributed by atoms with van der Waals surface area (Å²) >= 11 is 0. The van der Waals surface area contributed by atoms with Crippen LogP contribution in [0.5, 0.6) is 0 Å². The van der Waals surface area contributed by atoms with E-state index in [1.54, 1.807) is 6.26 Å². The predicted octanol–water partition coefficient (Wildman–Crippen LogP) is 2.61. The Balaban J connectivity index is 1.49. The molecule has 5 heteroatoms. The van der Waals surface area contributed by atoms with Gasteiger partial charge in [-0.3, -0.25) is 0 Å². The average molecular weight is 300 g/mol. The molecule has 1 aromatic carbocycles. The molecule has 1 aromatic heterocycles. The van der Waals surface area contributed by atoms with Crippen molar-refractivity contribution < 1.29 is 13.9 Å². The summed E-state index contributed by atoms with van der Waals surface area (Å²) in [5.41, 5.74) is 1.11. The molecule has 1 N–H and O–H groups in total. The summed E-state index contributed by atoms with van der Waals surface area (Å²) < 4.78 is 11.0. The number of carbonyl (C=O) groups excluding carboxylic acids is 1. The molecule has 0 spiro atoms. The van der Waals surface area contributed by atoms with Gasteiger partial charge in [-0.05, 0) is 17.7 Å². The zero-order valence-corrected chi connectivity index (χ0v) is 12.4. The van der Waals surface area contributed by atoms with Crippen molar-refractivity contribution in [3.8, 4) is 0 Å². The number of nitrogens with one attached hydrogen (secondary N) is 1. The molecule has 0 radical (unpaired) electrons. The molecular weight excluding hydrogens is 280 g/mol. The monoisotopic (exact) mass is 300 g/mol. The third-order valence-electron chi connectivity index (χ3n) is 3.75. The number of ether oxygens (including phenoxy) is 1. The highest BCUT2D eigenvalue weighted by Crippen LogP contribution is 2.21. The lowest BCUT2D eigenvalue weighted by Crippen LogP contribution is -2.47. The van der Waals surface area contributed by atoms with E-state index in [0.29, 0.717) is 32.7 Å². The Kier molecular flexibility index (Phi) is 4.75. The highest BCUT2D eigenvalue weighted by molar-refractivity contribution is 5.74. The van der Waals surface area contributed by atoms with Crippen LogP contribution >= 0.6 is 0 Å². The Bertz CT molecular complexity index is 583. The number of hydrogen-bond acceptors (Lipinski definition) is 3. The van der Waals surface area contributed by atoms with Gasteiger partial charge in [0.25, 0.3) is 0 Å². The first-order chi connectivity index (χ1) is 10.8. The topological polar surface area (TPSA) is 54.7 Å². The van der Waals surface area contributed by atoms with E-state index in [1.807, 2.05) is 47.4 Å². The van der Waals surface area contributed by atoms with Gasteiger partial charge in [0.15, 0.2) is 0 Å². The van der Waals surface area contributed by atoms with E-state index in [-0.39, 0.29) is 12.1 Å². The Morgan fingerprint density at radius 2 is 2.09 bits per heavy atom. The number of nitrogens with zero attached hydrogens (tertiary/aromatic N) is 1. The van der Waals surface area contributed by atoms with E-state index < -0.39 is 0 Å². The van der Waals surface area contributed by atoms with Crippen LogP contribution in [0.4, 0.5) is 4.79 Å². The van der Waals surface area contributed by atoms with Crippen molar-refractivity contribution >= 4 is 6.03 Å². The highest BCUT2D eigenvalue weighted by atomic mass is 16.5. The van der Waals surface area contributed by atoms with E-state index in [9.17, 15) is 4.79 Å². The van der Waals surface area contributed by atoms with Crippen LogP contribution in [0.1, 0.15) is 17.4 Å². The highest BCUT2D eigenvalue weighted by Gasteiger charge is 2.24. The minimum Gasteiger partial charge on any atom is -0.469 e. The fraction of sp³-hybridized carbons (Fsp3) is 0.353. The predicted molar refractivity (Wildman–Crippen MR) is 82.5 cm³/mol. The number of amides is 2. The molecule has 2 heterocycles. The molecule has 3 rings (SSSR count). The minimum absolute atomic E-state index is 0.0456. The minimum atomic E-state index is -0.0502. The maximum atomic E-state index is 12.2. The van der Waals surface area contributed by atoms with Gasteiger partial charge in [-0.15, -0.1) is 0 Å². The number of benzene rings is 1. The lowest BCUT2D eigenvalue weighted by atomic mass is 10.1. The lowest BCUT2D eigenvalue weighted by Gasteiger charge is -2.33. The summed E-state index contributed by atoms with van der Waals surface area (Å²) in [5.74, 6) is 0.879.